The second-order valence-corrected chi connectivity index (χ2v) is 10.8. The molecule has 0 radical (unpaired) electrons. The summed E-state index contributed by atoms with van der Waals surface area (Å²) < 4.78 is 5.11. The highest BCUT2D eigenvalue weighted by Gasteiger charge is 2.38. The summed E-state index contributed by atoms with van der Waals surface area (Å²) in [4.78, 5) is 30.3. The Bertz CT molecular complexity index is 1450. The zero-order chi connectivity index (χ0) is 26.8. The van der Waals surface area contributed by atoms with Crippen LogP contribution in [0.2, 0.25) is 0 Å². The predicted octanol–water partition coefficient (Wildman–Crippen LogP) is 6.00. The molecule has 1 aliphatic heterocycles. The molecule has 200 valence electrons. The topological polar surface area (TPSA) is 83.2 Å². The first-order chi connectivity index (χ1) is 19.1. The van der Waals surface area contributed by atoms with Crippen LogP contribution >= 0.6 is 0 Å². The van der Waals surface area contributed by atoms with Crippen molar-refractivity contribution in [2.24, 2.45) is 5.92 Å². The molecule has 39 heavy (non-hydrogen) atoms. The van der Waals surface area contributed by atoms with E-state index in [-0.39, 0.29) is 11.9 Å². The van der Waals surface area contributed by atoms with Crippen molar-refractivity contribution in [2.45, 2.75) is 56.7 Å². The predicted molar refractivity (Wildman–Crippen MR) is 153 cm³/mol. The zero-order valence-electron chi connectivity index (χ0n) is 22.3. The van der Waals surface area contributed by atoms with E-state index in [1.807, 2.05) is 60.7 Å². The highest BCUT2D eigenvalue weighted by molar-refractivity contribution is 5.91. The molecule has 0 spiro atoms. The lowest BCUT2D eigenvalue weighted by atomic mass is 9.79. The highest BCUT2D eigenvalue weighted by Crippen LogP contribution is 2.40. The van der Waals surface area contributed by atoms with E-state index in [1.54, 1.807) is 0 Å². The first-order valence-corrected chi connectivity index (χ1v) is 14.0. The number of aromatic nitrogens is 1. The second kappa shape index (κ2) is 11.1. The maximum Gasteiger partial charge on any atom is 0.333 e. The number of aromatic amines is 1. The van der Waals surface area contributed by atoms with Crippen molar-refractivity contribution in [1.82, 2.24) is 15.6 Å². The Morgan fingerprint density at radius 2 is 1.56 bits per heavy atom. The maximum absolute atomic E-state index is 13.8. The van der Waals surface area contributed by atoms with Gasteiger partial charge in [-0.05, 0) is 53.5 Å². The van der Waals surface area contributed by atoms with Gasteiger partial charge >= 0.3 is 5.97 Å². The third-order valence-corrected chi connectivity index (χ3v) is 8.46. The number of para-hydroxylation sites is 1. The highest BCUT2D eigenvalue weighted by atomic mass is 16.5. The van der Waals surface area contributed by atoms with E-state index < -0.39 is 18.1 Å². The Balaban J connectivity index is 1.27. The summed E-state index contributed by atoms with van der Waals surface area (Å²) in [5.41, 5.74) is 6.37. The fourth-order valence-corrected chi connectivity index (χ4v) is 6.41. The van der Waals surface area contributed by atoms with Crippen molar-refractivity contribution in [2.75, 3.05) is 7.11 Å². The minimum Gasteiger partial charge on any atom is -0.467 e. The largest absolute Gasteiger partial charge is 0.467 e. The summed E-state index contributed by atoms with van der Waals surface area (Å²) in [6.07, 6.45) is 6.59. The molecule has 2 heterocycles. The van der Waals surface area contributed by atoms with Crippen molar-refractivity contribution in [1.29, 1.82) is 0 Å². The fourth-order valence-electron chi connectivity index (χ4n) is 6.41. The molecular formula is C33H35N3O3. The van der Waals surface area contributed by atoms with E-state index in [0.717, 1.165) is 29.5 Å². The van der Waals surface area contributed by atoms with Gasteiger partial charge in [0.15, 0.2) is 6.04 Å². The maximum atomic E-state index is 13.8. The molecule has 3 aromatic carbocycles. The summed E-state index contributed by atoms with van der Waals surface area (Å²) in [6, 6.07) is 24.9. The minimum absolute atomic E-state index is 0.0823. The Labute approximate surface area is 229 Å². The average Bonchev–Trinajstić information content (AvgIpc) is 3.38. The van der Waals surface area contributed by atoms with Crippen LogP contribution in [-0.2, 0) is 20.7 Å². The van der Waals surface area contributed by atoms with E-state index in [4.69, 9.17) is 4.74 Å². The van der Waals surface area contributed by atoms with Crippen LogP contribution in [0.1, 0.15) is 61.0 Å². The average molecular weight is 522 g/mol. The van der Waals surface area contributed by atoms with Gasteiger partial charge in [-0.3, -0.25) is 10.1 Å². The van der Waals surface area contributed by atoms with Crippen LogP contribution in [-0.4, -0.2) is 30.0 Å². The van der Waals surface area contributed by atoms with Crippen LogP contribution in [0, 0.1) is 5.92 Å². The molecule has 1 amide bonds. The molecule has 6 heteroatoms. The van der Waals surface area contributed by atoms with Crippen molar-refractivity contribution >= 4 is 22.8 Å². The molecule has 6 nitrogen and oxygen atoms in total. The molecule has 6 rings (SSSR count). The number of hydrogen-bond donors (Lipinski definition) is 3. The van der Waals surface area contributed by atoms with Gasteiger partial charge in [0.1, 0.15) is 0 Å². The number of carbonyl (C=O) groups is 2. The van der Waals surface area contributed by atoms with Gasteiger partial charge in [0, 0.05) is 16.6 Å². The van der Waals surface area contributed by atoms with Gasteiger partial charge in [-0.1, -0.05) is 92.1 Å². The van der Waals surface area contributed by atoms with Gasteiger partial charge in [0.2, 0.25) is 5.91 Å². The molecule has 1 unspecified atom stereocenters. The summed E-state index contributed by atoms with van der Waals surface area (Å²) in [5.74, 6) is -0.194. The van der Waals surface area contributed by atoms with Crippen LogP contribution in [0.3, 0.4) is 0 Å². The van der Waals surface area contributed by atoms with E-state index >= 15 is 0 Å². The number of amides is 1. The molecule has 2 aliphatic rings. The number of ether oxygens (including phenoxy) is 1. The van der Waals surface area contributed by atoms with Crippen LogP contribution in [0.4, 0.5) is 0 Å². The normalized spacial score (nSPS) is 20.2. The van der Waals surface area contributed by atoms with Crippen molar-refractivity contribution in [3.63, 3.8) is 0 Å². The number of esters is 1. The Hall–Kier alpha value is -3.90. The fraction of sp³-hybridized carbons (Fsp3) is 0.333. The van der Waals surface area contributed by atoms with Crippen molar-refractivity contribution in [3.05, 3.63) is 95.7 Å². The number of methoxy groups -OCH3 is 1. The molecule has 1 fully saturated rings. The summed E-state index contributed by atoms with van der Waals surface area (Å²) in [7, 11) is 1.36. The number of hydrogen-bond acceptors (Lipinski definition) is 4. The Morgan fingerprint density at radius 3 is 2.31 bits per heavy atom. The third-order valence-electron chi connectivity index (χ3n) is 8.46. The molecule has 1 aromatic heterocycles. The van der Waals surface area contributed by atoms with E-state index in [2.05, 4.69) is 33.8 Å². The number of H-pyrrole nitrogens is 1. The quantitative estimate of drug-likeness (QED) is 0.272. The van der Waals surface area contributed by atoms with Gasteiger partial charge < -0.3 is 15.0 Å². The summed E-state index contributed by atoms with van der Waals surface area (Å²) in [6.45, 7) is 0. The molecule has 0 saturated heterocycles. The molecule has 1 aliphatic carbocycles. The SMILES string of the molecule is COC(=O)C(NC(=O)[C@H]1Cc2c([nH]c3ccccc23)[C@@H](C2CCCCC2)N1)c1ccc(-c2ccccc2)cc1. The smallest absolute Gasteiger partial charge is 0.333 e. The van der Waals surface area contributed by atoms with Crippen molar-refractivity contribution in [3.8, 4) is 11.1 Å². The molecular weight excluding hydrogens is 486 g/mol. The van der Waals surface area contributed by atoms with Crippen LogP contribution in [0.25, 0.3) is 22.0 Å². The number of benzene rings is 3. The Kier molecular flexibility index (Phi) is 7.20. The first kappa shape index (κ1) is 25.4. The van der Waals surface area contributed by atoms with Gasteiger partial charge in [0.05, 0.1) is 19.2 Å². The monoisotopic (exact) mass is 521 g/mol. The van der Waals surface area contributed by atoms with Crippen molar-refractivity contribution < 1.29 is 14.3 Å². The lowest BCUT2D eigenvalue weighted by Gasteiger charge is -2.37. The minimum atomic E-state index is -0.883. The summed E-state index contributed by atoms with van der Waals surface area (Å²) >= 11 is 0. The van der Waals surface area contributed by atoms with Gasteiger partial charge in [0.25, 0.3) is 0 Å². The second-order valence-electron chi connectivity index (χ2n) is 10.8. The molecule has 4 aromatic rings. The molecule has 3 atom stereocenters. The lowest BCUT2D eigenvalue weighted by molar-refractivity contribution is -0.145. The van der Waals surface area contributed by atoms with Crippen LogP contribution in [0.5, 0.6) is 0 Å². The third kappa shape index (κ3) is 5.09. The van der Waals surface area contributed by atoms with Crippen LogP contribution in [0.15, 0.2) is 78.9 Å². The lowest BCUT2D eigenvalue weighted by Crippen LogP contribution is -2.52. The number of rotatable bonds is 6. The standard InChI is InChI=1S/C33H35N3O3/c1-39-33(38)30(24-18-16-22(17-19-24)21-10-4-2-5-11-21)36-32(37)28-20-26-25-14-8-9-15-27(25)34-31(26)29(35-28)23-12-6-3-7-13-23/h2,4-5,8-11,14-19,23,28-30,34-35H,3,6-7,12-13,20H2,1H3,(H,36,37)/t28-,29-,30?/m1/s1. The molecule has 3 N–H and O–H groups in total. The number of carbonyl (C=O) groups excluding carboxylic acids is 2. The van der Waals surface area contributed by atoms with E-state index in [9.17, 15) is 9.59 Å². The summed E-state index contributed by atoms with van der Waals surface area (Å²) in [5, 5.41) is 7.89. The van der Waals surface area contributed by atoms with Gasteiger partial charge in [-0.2, -0.15) is 0 Å². The first-order valence-electron chi connectivity index (χ1n) is 14.0. The molecule has 0 bridgehead atoms. The number of fused-ring (bicyclic) bond motifs is 3. The van der Waals surface area contributed by atoms with Gasteiger partial charge in [-0.15, -0.1) is 0 Å². The van der Waals surface area contributed by atoms with Gasteiger partial charge in [-0.25, -0.2) is 4.79 Å². The van der Waals surface area contributed by atoms with Crippen LogP contribution < -0.4 is 10.6 Å². The number of nitrogens with one attached hydrogen (secondary N) is 3. The van der Waals surface area contributed by atoms with E-state index in [1.165, 1.54) is 43.0 Å². The Morgan fingerprint density at radius 1 is 0.872 bits per heavy atom. The molecule has 1 saturated carbocycles. The van der Waals surface area contributed by atoms with E-state index in [0.29, 0.717) is 17.9 Å². The zero-order valence-corrected chi connectivity index (χ0v) is 22.3.